The largest absolute Gasteiger partial charge is 0.364 e. The molecule has 4 nitrogen and oxygen atoms in total. The van der Waals surface area contributed by atoms with Crippen LogP contribution in [-0.2, 0) is 16.0 Å². The molecular weight excluding hydrogens is 276 g/mol. The third-order valence-electron chi connectivity index (χ3n) is 4.50. The molecule has 4 heteroatoms. The standard InChI is InChI=1S/C18H22N2O2/c1-2-10-22-14-11-17(19-12-14)18(21)20-16-9-5-7-13-6-3-4-8-15(13)16/h1,3-4,6,8,14,16-17,19H,5,7,9-12H2,(H,20,21)/t14-,16?,17-/m0/s1. The van der Waals surface area contributed by atoms with Crippen molar-refractivity contribution in [3.05, 3.63) is 35.4 Å². The number of carbonyl (C=O) groups is 1. The summed E-state index contributed by atoms with van der Waals surface area (Å²) in [7, 11) is 0. The number of nitrogens with one attached hydrogen (secondary N) is 2. The van der Waals surface area contributed by atoms with Gasteiger partial charge in [0.15, 0.2) is 0 Å². The number of carbonyl (C=O) groups excluding carboxylic acids is 1. The molecule has 0 bridgehead atoms. The van der Waals surface area contributed by atoms with Crippen molar-refractivity contribution >= 4 is 5.91 Å². The van der Waals surface area contributed by atoms with Gasteiger partial charge in [0, 0.05) is 6.54 Å². The van der Waals surface area contributed by atoms with E-state index in [9.17, 15) is 4.79 Å². The summed E-state index contributed by atoms with van der Waals surface area (Å²) in [4.78, 5) is 12.5. The minimum absolute atomic E-state index is 0.0328. The van der Waals surface area contributed by atoms with Gasteiger partial charge in [-0.1, -0.05) is 30.2 Å². The Kier molecular flexibility index (Phi) is 4.77. The Hall–Kier alpha value is -1.83. The molecule has 1 aliphatic heterocycles. The lowest BCUT2D eigenvalue weighted by Crippen LogP contribution is -2.42. The first-order chi connectivity index (χ1) is 10.8. The van der Waals surface area contributed by atoms with E-state index in [4.69, 9.17) is 11.2 Å². The fourth-order valence-corrected chi connectivity index (χ4v) is 3.37. The Balaban J connectivity index is 1.58. The molecule has 1 heterocycles. The smallest absolute Gasteiger partial charge is 0.237 e. The van der Waals surface area contributed by atoms with Crippen molar-refractivity contribution in [2.75, 3.05) is 13.2 Å². The summed E-state index contributed by atoms with van der Waals surface area (Å²) in [6.07, 6.45) is 9.14. The number of ether oxygens (including phenoxy) is 1. The molecule has 0 radical (unpaired) electrons. The zero-order chi connectivity index (χ0) is 15.4. The van der Waals surface area contributed by atoms with Gasteiger partial charge in [0.2, 0.25) is 5.91 Å². The summed E-state index contributed by atoms with van der Waals surface area (Å²) < 4.78 is 5.50. The molecule has 1 aromatic carbocycles. The molecular formula is C18H22N2O2. The summed E-state index contributed by atoms with van der Waals surface area (Å²) in [5.74, 6) is 2.53. The molecule has 1 saturated heterocycles. The fourth-order valence-electron chi connectivity index (χ4n) is 3.37. The summed E-state index contributed by atoms with van der Waals surface area (Å²) in [6, 6.07) is 8.34. The molecule has 1 aromatic rings. The highest BCUT2D eigenvalue weighted by Gasteiger charge is 2.31. The zero-order valence-corrected chi connectivity index (χ0v) is 12.7. The molecule has 0 spiro atoms. The molecule has 22 heavy (non-hydrogen) atoms. The first-order valence-corrected chi connectivity index (χ1v) is 7.94. The van der Waals surface area contributed by atoms with Crippen molar-refractivity contribution in [1.29, 1.82) is 0 Å². The van der Waals surface area contributed by atoms with Crippen LogP contribution < -0.4 is 10.6 Å². The lowest BCUT2D eigenvalue weighted by Gasteiger charge is -2.27. The topological polar surface area (TPSA) is 50.4 Å². The normalized spacial score (nSPS) is 27.0. The molecule has 3 rings (SSSR count). The average molecular weight is 298 g/mol. The maximum atomic E-state index is 12.5. The average Bonchev–Trinajstić information content (AvgIpc) is 3.02. The van der Waals surface area contributed by atoms with E-state index in [0.29, 0.717) is 19.6 Å². The number of hydrogen-bond acceptors (Lipinski definition) is 3. The highest BCUT2D eigenvalue weighted by atomic mass is 16.5. The van der Waals surface area contributed by atoms with Crippen LogP contribution in [0.25, 0.3) is 0 Å². The molecule has 2 aliphatic rings. The third-order valence-corrected chi connectivity index (χ3v) is 4.50. The number of fused-ring (bicyclic) bond motifs is 1. The van der Waals surface area contributed by atoms with Gasteiger partial charge in [0.05, 0.1) is 18.2 Å². The van der Waals surface area contributed by atoms with Crippen LogP contribution in [0, 0.1) is 12.3 Å². The molecule has 2 N–H and O–H groups in total. The minimum atomic E-state index is -0.183. The Labute approximate surface area is 131 Å². The van der Waals surface area contributed by atoms with Gasteiger partial charge in [0.1, 0.15) is 6.61 Å². The van der Waals surface area contributed by atoms with Crippen molar-refractivity contribution in [2.45, 2.75) is 43.9 Å². The highest BCUT2D eigenvalue weighted by Crippen LogP contribution is 2.29. The number of hydrogen-bond donors (Lipinski definition) is 2. The summed E-state index contributed by atoms with van der Waals surface area (Å²) >= 11 is 0. The SMILES string of the molecule is C#CCO[C@@H]1CN[C@H](C(=O)NC2CCCc3ccccc32)C1. The van der Waals surface area contributed by atoms with Crippen molar-refractivity contribution in [2.24, 2.45) is 0 Å². The highest BCUT2D eigenvalue weighted by molar-refractivity contribution is 5.82. The van der Waals surface area contributed by atoms with Gasteiger partial charge < -0.3 is 15.4 Å². The van der Waals surface area contributed by atoms with Crippen molar-refractivity contribution in [1.82, 2.24) is 10.6 Å². The summed E-state index contributed by atoms with van der Waals surface area (Å²) in [5.41, 5.74) is 2.62. The van der Waals surface area contributed by atoms with Crippen LogP contribution in [0.2, 0.25) is 0 Å². The van der Waals surface area contributed by atoms with Gasteiger partial charge in [-0.05, 0) is 36.8 Å². The fraction of sp³-hybridized carbons (Fsp3) is 0.500. The predicted octanol–water partition coefficient (Wildman–Crippen LogP) is 1.56. The van der Waals surface area contributed by atoms with Gasteiger partial charge >= 0.3 is 0 Å². The molecule has 0 aromatic heterocycles. The Bertz CT molecular complexity index is 579. The van der Waals surface area contributed by atoms with Crippen LogP contribution in [0.5, 0.6) is 0 Å². The van der Waals surface area contributed by atoms with E-state index >= 15 is 0 Å². The van der Waals surface area contributed by atoms with Crippen LogP contribution in [-0.4, -0.2) is 31.2 Å². The summed E-state index contributed by atoms with van der Waals surface area (Å²) in [6.45, 7) is 0.984. The quantitative estimate of drug-likeness (QED) is 0.830. The number of terminal acetylenes is 1. The van der Waals surface area contributed by atoms with E-state index in [1.54, 1.807) is 0 Å². The first-order valence-electron chi connectivity index (χ1n) is 7.94. The third kappa shape index (κ3) is 3.32. The lowest BCUT2D eigenvalue weighted by molar-refractivity contribution is -0.123. The van der Waals surface area contributed by atoms with Crippen LogP contribution in [0.15, 0.2) is 24.3 Å². The molecule has 1 aliphatic carbocycles. The Morgan fingerprint density at radius 3 is 3.18 bits per heavy atom. The number of benzene rings is 1. The number of amides is 1. The molecule has 0 saturated carbocycles. The van der Waals surface area contributed by atoms with Gasteiger partial charge in [0.25, 0.3) is 0 Å². The van der Waals surface area contributed by atoms with E-state index in [0.717, 1.165) is 19.3 Å². The zero-order valence-electron chi connectivity index (χ0n) is 12.7. The predicted molar refractivity (Wildman–Crippen MR) is 85.2 cm³/mol. The van der Waals surface area contributed by atoms with E-state index in [1.165, 1.54) is 11.1 Å². The number of rotatable bonds is 4. The second-order valence-electron chi connectivity index (χ2n) is 5.99. The second-order valence-corrected chi connectivity index (χ2v) is 5.99. The van der Waals surface area contributed by atoms with Crippen molar-refractivity contribution in [3.8, 4) is 12.3 Å². The van der Waals surface area contributed by atoms with Gasteiger partial charge in [-0.25, -0.2) is 0 Å². The van der Waals surface area contributed by atoms with Crippen molar-refractivity contribution < 1.29 is 9.53 Å². The maximum absolute atomic E-state index is 12.5. The second kappa shape index (κ2) is 6.95. The molecule has 1 fully saturated rings. The molecule has 1 amide bonds. The minimum Gasteiger partial charge on any atom is -0.364 e. The number of aryl methyl sites for hydroxylation is 1. The van der Waals surface area contributed by atoms with Gasteiger partial charge in [-0.2, -0.15) is 0 Å². The Morgan fingerprint density at radius 2 is 2.32 bits per heavy atom. The van der Waals surface area contributed by atoms with E-state index in [2.05, 4.69) is 34.8 Å². The van der Waals surface area contributed by atoms with Crippen LogP contribution in [0.3, 0.4) is 0 Å². The van der Waals surface area contributed by atoms with E-state index in [1.807, 2.05) is 6.07 Å². The monoisotopic (exact) mass is 298 g/mol. The van der Waals surface area contributed by atoms with E-state index < -0.39 is 0 Å². The first kappa shape index (κ1) is 15.1. The molecule has 116 valence electrons. The van der Waals surface area contributed by atoms with Crippen molar-refractivity contribution in [3.63, 3.8) is 0 Å². The summed E-state index contributed by atoms with van der Waals surface area (Å²) in [5, 5.41) is 6.42. The van der Waals surface area contributed by atoms with E-state index in [-0.39, 0.29) is 24.1 Å². The van der Waals surface area contributed by atoms with Gasteiger partial charge in [-0.3, -0.25) is 4.79 Å². The van der Waals surface area contributed by atoms with Crippen LogP contribution in [0.4, 0.5) is 0 Å². The molecule has 1 unspecified atom stereocenters. The van der Waals surface area contributed by atoms with Crippen LogP contribution in [0.1, 0.15) is 36.4 Å². The molecule has 3 atom stereocenters. The Morgan fingerprint density at radius 1 is 1.45 bits per heavy atom. The van der Waals surface area contributed by atoms with Crippen LogP contribution >= 0.6 is 0 Å². The van der Waals surface area contributed by atoms with Gasteiger partial charge in [-0.15, -0.1) is 6.42 Å². The maximum Gasteiger partial charge on any atom is 0.237 e. The lowest BCUT2D eigenvalue weighted by atomic mass is 9.87.